The van der Waals surface area contributed by atoms with Gasteiger partial charge in [-0.2, -0.15) is 18.3 Å². The predicted octanol–water partition coefficient (Wildman–Crippen LogP) is 3.88. The molecule has 1 heterocycles. The number of ether oxygens (including phenoxy) is 1. The van der Waals surface area contributed by atoms with E-state index in [1.54, 1.807) is 37.4 Å². The average Bonchev–Trinajstić information content (AvgIpc) is 3.01. The van der Waals surface area contributed by atoms with Crippen molar-refractivity contribution in [1.82, 2.24) is 5.32 Å². The van der Waals surface area contributed by atoms with Crippen molar-refractivity contribution in [2.45, 2.75) is 17.8 Å². The third-order valence-electron chi connectivity index (χ3n) is 3.92. The lowest BCUT2D eigenvalue weighted by Crippen LogP contribution is -2.26. The molecule has 1 aliphatic rings. The molecular weight excluding hydrogens is 391 g/mol. The van der Waals surface area contributed by atoms with Gasteiger partial charge in [0.25, 0.3) is 0 Å². The van der Waals surface area contributed by atoms with Gasteiger partial charge in [0.05, 0.1) is 24.1 Å². The van der Waals surface area contributed by atoms with E-state index in [9.17, 15) is 18.0 Å². The molecule has 0 radical (unpaired) electrons. The van der Waals surface area contributed by atoms with Gasteiger partial charge in [0.2, 0.25) is 5.91 Å². The first kappa shape index (κ1) is 19.9. The number of benzene rings is 2. The molecule has 1 fully saturated rings. The molecule has 2 aromatic carbocycles. The maximum Gasteiger partial charge on any atom is 0.416 e. The summed E-state index contributed by atoms with van der Waals surface area (Å²) in [5.74, 6) is 0.417. The van der Waals surface area contributed by atoms with Crippen LogP contribution in [0.3, 0.4) is 0 Å². The monoisotopic (exact) mass is 407 g/mol. The number of hydrogen-bond donors (Lipinski definition) is 1. The lowest BCUT2D eigenvalue weighted by atomic mass is 10.1. The molecule has 0 bridgehead atoms. The second-order valence-corrected chi connectivity index (χ2v) is 7.11. The fraction of sp³-hybridized carbons (Fsp3) is 0.211. The molecule has 0 aliphatic carbocycles. The molecule has 0 spiro atoms. The van der Waals surface area contributed by atoms with Crippen molar-refractivity contribution < 1.29 is 22.7 Å². The summed E-state index contributed by atoms with van der Waals surface area (Å²) in [6.07, 6.45) is -2.72. The lowest BCUT2D eigenvalue weighted by molar-refractivity contribution is -0.137. The number of methoxy groups -OCH3 is 1. The van der Waals surface area contributed by atoms with Crippen molar-refractivity contribution in [2.75, 3.05) is 7.11 Å². The van der Waals surface area contributed by atoms with Crippen molar-refractivity contribution in [3.63, 3.8) is 0 Å². The first-order valence-electron chi connectivity index (χ1n) is 8.24. The molecule has 0 unspecified atom stereocenters. The first-order chi connectivity index (χ1) is 13.3. The first-order valence-corrected chi connectivity index (χ1v) is 9.12. The fourth-order valence-electron chi connectivity index (χ4n) is 2.51. The van der Waals surface area contributed by atoms with Crippen LogP contribution in [0.25, 0.3) is 0 Å². The van der Waals surface area contributed by atoms with E-state index in [0.717, 1.165) is 35.2 Å². The quantitative estimate of drug-likeness (QED) is 0.604. The summed E-state index contributed by atoms with van der Waals surface area (Å²) in [6.45, 7) is 0. The number of carbonyl (C=O) groups excluding carboxylic acids is 1. The largest absolute Gasteiger partial charge is 0.497 e. The van der Waals surface area contributed by atoms with Crippen molar-refractivity contribution >= 4 is 29.1 Å². The summed E-state index contributed by atoms with van der Waals surface area (Å²) in [5.41, 5.74) is 0.511. The number of amides is 1. The maximum absolute atomic E-state index is 12.8. The van der Waals surface area contributed by atoms with E-state index in [2.05, 4.69) is 15.5 Å². The van der Waals surface area contributed by atoms with Crippen LogP contribution in [0, 0.1) is 0 Å². The summed E-state index contributed by atoms with van der Waals surface area (Å²) in [7, 11) is 1.57. The number of amidine groups is 1. The zero-order valence-electron chi connectivity index (χ0n) is 14.7. The van der Waals surface area contributed by atoms with Gasteiger partial charge in [-0.25, -0.2) is 0 Å². The Morgan fingerprint density at radius 3 is 2.64 bits per heavy atom. The third kappa shape index (κ3) is 5.13. The van der Waals surface area contributed by atoms with Gasteiger partial charge in [0, 0.05) is 0 Å². The second-order valence-electron chi connectivity index (χ2n) is 5.92. The highest BCUT2D eigenvalue weighted by atomic mass is 32.2. The van der Waals surface area contributed by atoms with Gasteiger partial charge in [-0.05, 0) is 47.9 Å². The van der Waals surface area contributed by atoms with Gasteiger partial charge < -0.3 is 10.1 Å². The van der Waals surface area contributed by atoms with E-state index < -0.39 is 17.0 Å². The number of nitrogens with zero attached hydrogens (tertiary/aromatic N) is 2. The molecule has 2 aromatic rings. The zero-order chi connectivity index (χ0) is 20.1. The van der Waals surface area contributed by atoms with Crippen molar-refractivity contribution in [1.29, 1.82) is 0 Å². The highest BCUT2D eigenvalue weighted by molar-refractivity contribution is 8.15. The summed E-state index contributed by atoms with van der Waals surface area (Å²) in [4.78, 5) is 12.1. The van der Waals surface area contributed by atoms with Crippen LogP contribution in [0.1, 0.15) is 16.7 Å². The minimum absolute atomic E-state index is 0.168. The van der Waals surface area contributed by atoms with Gasteiger partial charge in [0.15, 0.2) is 5.17 Å². The average molecular weight is 407 g/mol. The van der Waals surface area contributed by atoms with Gasteiger partial charge in [-0.1, -0.05) is 30.0 Å². The fourth-order valence-corrected chi connectivity index (χ4v) is 3.48. The zero-order valence-corrected chi connectivity index (χ0v) is 15.6. The molecule has 5 nitrogen and oxygen atoms in total. The van der Waals surface area contributed by atoms with Crippen molar-refractivity contribution in [3.05, 3.63) is 65.2 Å². The number of nitrogens with one attached hydrogen (secondary N) is 1. The molecule has 0 aromatic heterocycles. The standard InChI is InChI=1S/C19H16F3N3O2S/c1-27-15-7-5-12(6-8-15)11-23-25-18-24-17(26)16(28-18)10-13-3-2-4-14(9-13)19(20,21)22/h2-9,11,16H,10H2,1H3,(H,24,25,26)/b23-11-/t16-/m0/s1. The number of rotatable bonds is 5. The van der Waals surface area contributed by atoms with Gasteiger partial charge in [-0.3, -0.25) is 4.79 Å². The Labute approximate surface area is 163 Å². The predicted molar refractivity (Wildman–Crippen MR) is 103 cm³/mol. The minimum Gasteiger partial charge on any atom is -0.497 e. The summed E-state index contributed by atoms with van der Waals surface area (Å²) in [5, 5.41) is 10.3. The molecule has 28 heavy (non-hydrogen) atoms. The van der Waals surface area contributed by atoms with Crippen LogP contribution in [0.4, 0.5) is 13.2 Å². The van der Waals surface area contributed by atoms with Crippen LogP contribution in [0.5, 0.6) is 5.75 Å². The molecular formula is C19H16F3N3O2S. The molecule has 146 valence electrons. The van der Waals surface area contributed by atoms with Crippen LogP contribution in [0.2, 0.25) is 0 Å². The van der Waals surface area contributed by atoms with E-state index in [1.165, 1.54) is 12.3 Å². The van der Waals surface area contributed by atoms with E-state index in [1.807, 2.05) is 0 Å². The Morgan fingerprint density at radius 1 is 1.21 bits per heavy atom. The van der Waals surface area contributed by atoms with Gasteiger partial charge in [0.1, 0.15) is 5.75 Å². The second kappa shape index (κ2) is 8.47. The summed E-state index contributed by atoms with van der Waals surface area (Å²) in [6, 6.07) is 12.1. The van der Waals surface area contributed by atoms with Crippen LogP contribution < -0.4 is 10.1 Å². The Morgan fingerprint density at radius 2 is 1.96 bits per heavy atom. The number of alkyl halides is 3. The highest BCUT2D eigenvalue weighted by Gasteiger charge is 2.33. The van der Waals surface area contributed by atoms with Crippen LogP contribution >= 0.6 is 11.8 Å². The van der Waals surface area contributed by atoms with Crippen molar-refractivity contribution in [2.24, 2.45) is 10.2 Å². The molecule has 1 atom stereocenters. The van der Waals surface area contributed by atoms with Gasteiger partial charge >= 0.3 is 6.18 Å². The molecule has 3 rings (SSSR count). The van der Waals surface area contributed by atoms with E-state index in [4.69, 9.17) is 4.74 Å². The number of halogens is 3. The number of hydrogen-bond acceptors (Lipinski definition) is 5. The lowest BCUT2D eigenvalue weighted by Gasteiger charge is -2.10. The van der Waals surface area contributed by atoms with Crippen molar-refractivity contribution in [3.8, 4) is 5.75 Å². The SMILES string of the molecule is COc1ccc(/C=N\N=C2\NC(=O)[C@H](Cc3cccc(C(F)(F)F)c3)S2)cc1. The van der Waals surface area contributed by atoms with Crippen LogP contribution in [-0.2, 0) is 17.4 Å². The Kier molecular flexibility index (Phi) is 6.03. The van der Waals surface area contributed by atoms with Crippen LogP contribution in [-0.4, -0.2) is 29.6 Å². The molecule has 9 heteroatoms. The topological polar surface area (TPSA) is 63.1 Å². The number of carbonyl (C=O) groups is 1. The van der Waals surface area contributed by atoms with Crippen LogP contribution in [0.15, 0.2) is 58.7 Å². The summed E-state index contributed by atoms with van der Waals surface area (Å²) < 4.78 is 43.5. The van der Waals surface area contributed by atoms with E-state index in [-0.39, 0.29) is 12.3 Å². The minimum atomic E-state index is -4.41. The number of thioether (sulfide) groups is 1. The normalized spacial score (nSPS) is 18.6. The van der Waals surface area contributed by atoms with E-state index in [0.29, 0.717) is 10.7 Å². The molecule has 1 aliphatic heterocycles. The Hall–Kier alpha value is -2.81. The molecule has 1 N–H and O–H groups in total. The maximum atomic E-state index is 12.8. The smallest absolute Gasteiger partial charge is 0.416 e. The molecule has 1 saturated heterocycles. The molecule has 0 saturated carbocycles. The van der Waals surface area contributed by atoms with Gasteiger partial charge in [-0.15, -0.1) is 5.10 Å². The molecule has 1 amide bonds. The van der Waals surface area contributed by atoms with E-state index >= 15 is 0 Å². The Bertz CT molecular complexity index is 911. The Balaban J connectivity index is 1.63. The highest BCUT2D eigenvalue weighted by Crippen LogP contribution is 2.31. The summed E-state index contributed by atoms with van der Waals surface area (Å²) >= 11 is 1.14. The third-order valence-corrected chi connectivity index (χ3v) is 5.00.